The van der Waals surface area contributed by atoms with Crippen LogP contribution in [-0.2, 0) is 0 Å². The van der Waals surface area contributed by atoms with Gasteiger partial charge in [0.1, 0.15) is 17.8 Å². The second-order valence-electron chi connectivity index (χ2n) is 11.8. The van der Waals surface area contributed by atoms with Gasteiger partial charge >= 0.3 is 0 Å². The van der Waals surface area contributed by atoms with Gasteiger partial charge in [-0.3, -0.25) is 4.90 Å². The van der Waals surface area contributed by atoms with Gasteiger partial charge in [0.2, 0.25) is 5.95 Å². The Hall–Kier alpha value is -3.79. The number of piperazine rings is 1. The highest BCUT2D eigenvalue weighted by atomic mass is 35.5. The first-order valence-corrected chi connectivity index (χ1v) is 15.1. The fraction of sp³-hybridized carbons (Fsp3) is 0.375. The zero-order valence-corrected chi connectivity index (χ0v) is 24.8. The van der Waals surface area contributed by atoms with Crippen LogP contribution in [0.25, 0.3) is 33.1 Å². The summed E-state index contributed by atoms with van der Waals surface area (Å²) in [7, 11) is 2.22. The Morgan fingerprint density at radius 2 is 1.67 bits per heavy atom. The minimum Gasteiger partial charge on any atom is -0.383 e. The van der Waals surface area contributed by atoms with Crippen molar-refractivity contribution in [3.05, 3.63) is 65.7 Å². The predicted octanol–water partition coefficient (Wildman–Crippen LogP) is 6.06. The molecule has 1 aliphatic carbocycles. The number of nitrogens with two attached hydrogens (primary N) is 1. The lowest BCUT2D eigenvalue weighted by molar-refractivity contribution is 0.0828. The van der Waals surface area contributed by atoms with Gasteiger partial charge in [-0.2, -0.15) is 0 Å². The van der Waals surface area contributed by atoms with Crippen LogP contribution < -0.4 is 11.1 Å². The molecule has 0 amide bonds. The van der Waals surface area contributed by atoms with Gasteiger partial charge < -0.3 is 20.5 Å². The molecule has 3 N–H and O–H groups in total. The Labute approximate surface area is 250 Å². The van der Waals surface area contributed by atoms with E-state index < -0.39 is 0 Å². The molecule has 2 aromatic carbocycles. The zero-order valence-electron chi connectivity index (χ0n) is 24.1. The molecular formula is C32H36ClN9. The number of aryl methyl sites for hydroxylation is 1. The van der Waals surface area contributed by atoms with Gasteiger partial charge in [-0.25, -0.2) is 19.9 Å². The van der Waals surface area contributed by atoms with Crippen LogP contribution in [0.3, 0.4) is 0 Å². The van der Waals surface area contributed by atoms with Gasteiger partial charge in [0.25, 0.3) is 0 Å². The number of likely N-dealkylation sites (N-methyl/N-ethyl adjacent to an activating group) is 1. The van der Waals surface area contributed by atoms with Crippen LogP contribution in [0.5, 0.6) is 0 Å². The average Bonchev–Trinajstić information content (AvgIpc) is 3.40. The molecule has 4 heterocycles. The van der Waals surface area contributed by atoms with E-state index in [0.29, 0.717) is 28.9 Å². The number of benzene rings is 2. The molecule has 216 valence electrons. The van der Waals surface area contributed by atoms with Crippen molar-refractivity contribution in [2.45, 2.75) is 44.7 Å². The number of fused-ring (bicyclic) bond motifs is 2. The number of hydrogen-bond acceptors (Lipinski definition) is 8. The molecule has 1 saturated heterocycles. The zero-order chi connectivity index (χ0) is 28.8. The number of rotatable bonds is 5. The molecule has 10 heteroatoms. The second-order valence-corrected chi connectivity index (χ2v) is 12.2. The molecule has 0 atom stereocenters. The van der Waals surface area contributed by atoms with Crippen molar-refractivity contribution in [2.24, 2.45) is 0 Å². The van der Waals surface area contributed by atoms with Gasteiger partial charge in [0.15, 0.2) is 0 Å². The first-order valence-electron chi connectivity index (χ1n) is 14.8. The average molecular weight is 582 g/mol. The van der Waals surface area contributed by atoms with Crippen molar-refractivity contribution in [3.63, 3.8) is 0 Å². The first-order chi connectivity index (χ1) is 20.4. The molecule has 5 aromatic rings. The fourth-order valence-electron chi connectivity index (χ4n) is 6.57. The van der Waals surface area contributed by atoms with E-state index in [1.54, 1.807) is 12.5 Å². The van der Waals surface area contributed by atoms with E-state index in [1.165, 1.54) is 39.0 Å². The smallest absolute Gasteiger partial charge is 0.227 e. The van der Waals surface area contributed by atoms with E-state index in [0.717, 1.165) is 57.2 Å². The lowest BCUT2D eigenvalue weighted by Crippen LogP contribution is -2.49. The Kier molecular flexibility index (Phi) is 7.17. The molecule has 1 aliphatic heterocycles. The SMILES string of the molecule is Cc1cc2nc(Nc3ccc(-c4cn(C5CCC(N6CCN(C)CC6)CC5)c5ncnc(N)c45)cc3)ncc2cc1Cl. The number of halogens is 1. The molecule has 7 rings (SSSR count). The van der Waals surface area contributed by atoms with Crippen LogP contribution in [0, 0.1) is 6.92 Å². The van der Waals surface area contributed by atoms with Crippen LogP contribution in [-0.4, -0.2) is 73.6 Å². The Morgan fingerprint density at radius 3 is 2.43 bits per heavy atom. The summed E-state index contributed by atoms with van der Waals surface area (Å²) in [5, 5.41) is 5.88. The van der Waals surface area contributed by atoms with Gasteiger partial charge in [-0.1, -0.05) is 23.7 Å². The molecule has 2 aliphatic rings. The van der Waals surface area contributed by atoms with E-state index in [-0.39, 0.29) is 0 Å². The lowest BCUT2D eigenvalue weighted by Gasteiger charge is -2.41. The highest BCUT2D eigenvalue weighted by molar-refractivity contribution is 6.32. The van der Waals surface area contributed by atoms with Gasteiger partial charge in [0, 0.05) is 72.3 Å². The summed E-state index contributed by atoms with van der Waals surface area (Å²) in [6, 6.07) is 13.3. The van der Waals surface area contributed by atoms with Crippen molar-refractivity contribution in [1.29, 1.82) is 0 Å². The largest absolute Gasteiger partial charge is 0.383 e. The summed E-state index contributed by atoms with van der Waals surface area (Å²) in [6.07, 6.45) is 10.3. The quantitative estimate of drug-likeness (QED) is 0.258. The third-order valence-electron chi connectivity index (χ3n) is 9.06. The normalized spacial score (nSPS) is 20.4. The maximum atomic E-state index is 6.45. The molecule has 3 aromatic heterocycles. The van der Waals surface area contributed by atoms with E-state index in [9.17, 15) is 0 Å². The molecule has 0 unspecified atom stereocenters. The summed E-state index contributed by atoms with van der Waals surface area (Å²) in [6.45, 7) is 6.67. The van der Waals surface area contributed by atoms with Crippen LogP contribution in [0.1, 0.15) is 37.3 Å². The number of anilines is 3. The van der Waals surface area contributed by atoms with Crippen LogP contribution in [0.4, 0.5) is 17.5 Å². The third-order valence-corrected chi connectivity index (χ3v) is 9.47. The summed E-state index contributed by atoms with van der Waals surface area (Å²) in [4.78, 5) is 23.3. The summed E-state index contributed by atoms with van der Waals surface area (Å²) in [5.41, 5.74) is 12.2. The van der Waals surface area contributed by atoms with Crippen molar-refractivity contribution >= 4 is 51.0 Å². The molecule has 9 nitrogen and oxygen atoms in total. The number of hydrogen-bond donors (Lipinski definition) is 2. The Bertz CT molecular complexity index is 1730. The minimum absolute atomic E-state index is 0.406. The highest BCUT2D eigenvalue weighted by Crippen LogP contribution is 2.39. The van der Waals surface area contributed by atoms with Crippen molar-refractivity contribution < 1.29 is 0 Å². The van der Waals surface area contributed by atoms with Crippen molar-refractivity contribution in [1.82, 2.24) is 34.3 Å². The number of nitrogens with one attached hydrogen (secondary N) is 1. The van der Waals surface area contributed by atoms with Gasteiger partial charge in [0.05, 0.1) is 10.9 Å². The number of nitrogen functional groups attached to an aromatic ring is 1. The standard InChI is InChI=1S/C32H36ClN9/c1-20-15-28-22(16-27(20)33)17-35-32(39-28)38-23-5-3-21(4-6-23)26-18-42(31-29(26)30(34)36-19-37-31)25-9-7-24(8-10-25)41-13-11-40(2)12-14-41/h3-6,15-19,24-25H,7-14H2,1-2H3,(H2,34,36,37)(H,35,38,39). The maximum Gasteiger partial charge on any atom is 0.227 e. The van der Waals surface area contributed by atoms with Crippen LogP contribution >= 0.6 is 11.6 Å². The summed E-state index contributed by atoms with van der Waals surface area (Å²) >= 11 is 6.26. The van der Waals surface area contributed by atoms with Crippen molar-refractivity contribution in [3.8, 4) is 11.1 Å². The minimum atomic E-state index is 0.406. The molecule has 0 radical (unpaired) electrons. The predicted molar refractivity (Wildman–Crippen MR) is 170 cm³/mol. The van der Waals surface area contributed by atoms with Gasteiger partial charge in [-0.05, 0) is 75.0 Å². The van der Waals surface area contributed by atoms with Gasteiger partial charge in [-0.15, -0.1) is 0 Å². The van der Waals surface area contributed by atoms with E-state index in [4.69, 9.17) is 22.3 Å². The Balaban J connectivity index is 1.12. The summed E-state index contributed by atoms with van der Waals surface area (Å²) in [5.74, 6) is 1.06. The number of aromatic nitrogens is 5. The number of nitrogens with zero attached hydrogens (tertiary/aromatic N) is 7. The highest BCUT2D eigenvalue weighted by Gasteiger charge is 2.30. The third kappa shape index (κ3) is 5.17. The molecule has 1 saturated carbocycles. The molecule has 2 fully saturated rings. The molecular weight excluding hydrogens is 546 g/mol. The maximum absolute atomic E-state index is 6.45. The van der Waals surface area contributed by atoms with Crippen LogP contribution in [0.2, 0.25) is 5.02 Å². The van der Waals surface area contributed by atoms with E-state index in [2.05, 4.69) is 60.0 Å². The molecule has 42 heavy (non-hydrogen) atoms. The molecule has 0 spiro atoms. The monoisotopic (exact) mass is 581 g/mol. The first kappa shape index (κ1) is 27.1. The van der Waals surface area contributed by atoms with E-state index in [1.807, 2.05) is 31.2 Å². The Morgan fingerprint density at radius 1 is 0.929 bits per heavy atom. The van der Waals surface area contributed by atoms with E-state index >= 15 is 0 Å². The topological polar surface area (TPSA) is 101 Å². The van der Waals surface area contributed by atoms with Crippen molar-refractivity contribution in [2.75, 3.05) is 44.3 Å². The van der Waals surface area contributed by atoms with Crippen LogP contribution in [0.15, 0.2) is 55.1 Å². The summed E-state index contributed by atoms with van der Waals surface area (Å²) < 4.78 is 2.35. The second kappa shape index (κ2) is 11.1. The fourth-order valence-corrected chi connectivity index (χ4v) is 6.74. The lowest BCUT2D eigenvalue weighted by atomic mass is 9.89. The molecule has 0 bridgehead atoms.